The van der Waals surface area contributed by atoms with Crippen LogP contribution >= 0.6 is 0 Å². The first-order chi connectivity index (χ1) is 9.11. The molecule has 0 radical (unpaired) electrons. The van der Waals surface area contributed by atoms with E-state index in [4.69, 9.17) is 15.2 Å². The van der Waals surface area contributed by atoms with Crippen LogP contribution in [0.25, 0.3) is 0 Å². The fourth-order valence-corrected chi connectivity index (χ4v) is 2.04. The van der Waals surface area contributed by atoms with Crippen molar-refractivity contribution in [2.45, 2.75) is 38.2 Å². The van der Waals surface area contributed by atoms with Crippen LogP contribution in [0.15, 0.2) is 0 Å². The van der Waals surface area contributed by atoms with Gasteiger partial charge in [0.05, 0.1) is 12.2 Å². The Kier molecular flexibility index (Phi) is 11.5. The molecule has 0 amide bonds. The molecule has 0 spiro atoms. The SMILES string of the molecule is CCC(O)(CN)CCCN(CCCOC)CCOC. The molecule has 0 heterocycles. The van der Waals surface area contributed by atoms with Gasteiger partial charge in [0.2, 0.25) is 0 Å². The summed E-state index contributed by atoms with van der Waals surface area (Å²) in [4.78, 5) is 2.36. The molecule has 0 aliphatic heterocycles. The van der Waals surface area contributed by atoms with E-state index in [0.29, 0.717) is 13.0 Å². The van der Waals surface area contributed by atoms with Crippen LogP contribution in [0.2, 0.25) is 0 Å². The van der Waals surface area contributed by atoms with Gasteiger partial charge in [-0.3, -0.25) is 0 Å². The average Bonchev–Trinajstić information content (AvgIpc) is 2.44. The predicted octanol–water partition coefficient (Wildman–Crippen LogP) is 0.851. The van der Waals surface area contributed by atoms with Crippen molar-refractivity contribution in [1.82, 2.24) is 4.90 Å². The number of hydrogen-bond acceptors (Lipinski definition) is 5. The summed E-state index contributed by atoms with van der Waals surface area (Å²) in [6.07, 6.45) is 3.45. The molecular weight excluding hydrogens is 244 g/mol. The lowest BCUT2D eigenvalue weighted by Gasteiger charge is -2.27. The molecule has 1 unspecified atom stereocenters. The normalized spacial score (nSPS) is 14.8. The zero-order chi connectivity index (χ0) is 14.6. The lowest BCUT2D eigenvalue weighted by molar-refractivity contribution is 0.0305. The van der Waals surface area contributed by atoms with E-state index in [1.165, 1.54) is 0 Å². The number of methoxy groups -OCH3 is 2. The quantitative estimate of drug-likeness (QED) is 0.488. The van der Waals surface area contributed by atoms with Crippen LogP contribution in [0.4, 0.5) is 0 Å². The molecule has 0 saturated heterocycles. The molecule has 0 aromatic heterocycles. The fourth-order valence-electron chi connectivity index (χ4n) is 2.04. The van der Waals surface area contributed by atoms with Crippen molar-refractivity contribution in [2.24, 2.45) is 5.73 Å². The van der Waals surface area contributed by atoms with Gasteiger partial charge in [-0.2, -0.15) is 0 Å². The third-order valence-corrected chi connectivity index (χ3v) is 3.59. The minimum Gasteiger partial charge on any atom is -0.389 e. The van der Waals surface area contributed by atoms with E-state index in [1.54, 1.807) is 14.2 Å². The Morgan fingerprint density at radius 1 is 1.05 bits per heavy atom. The highest BCUT2D eigenvalue weighted by atomic mass is 16.5. The van der Waals surface area contributed by atoms with Gasteiger partial charge >= 0.3 is 0 Å². The molecule has 0 bridgehead atoms. The molecule has 0 aliphatic rings. The summed E-state index contributed by atoms with van der Waals surface area (Å²) >= 11 is 0. The summed E-state index contributed by atoms with van der Waals surface area (Å²) in [6, 6.07) is 0. The van der Waals surface area contributed by atoms with Crippen molar-refractivity contribution in [3.05, 3.63) is 0 Å². The van der Waals surface area contributed by atoms with E-state index >= 15 is 0 Å². The first kappa shape index (κ1) is 18.8. The molecular formula is C14H32N2O3. The Morgan fingerprint density at radius 3 is 2.21 bits per heavy atom. The summed E-state index contributed by atoms with van der Waals surface area (Å²) in [6.45, 7) is 6.74. The number of aliphatic hydroxyl groups is 1. The molecule has 116 valence electrons. The second-order valence-electron chi connectivity index (χ2n) is 5.07. The Labute approximate surface area is 118 Å². The number of rotatable bonds is 13. The van der Waals surface area contributed by atoms with Gasteiger partial charge in [0.1, 0.15) is 0 Å². The zero-order valence-electron chi connectivity index (χ0n) is 12.9. The van der Waals surface area contributed by atoms with Crippen LogP contribution in [-0.4, -0.2) is 69.2 Å². The molecule has 0 saturated carbocycles. The minimum atomic E-state index is -0.695. The van der Waals surface area contributed by atoms with Crippen molar-refractivity contribution >= 4 is 0 Å². The van der Waals surface area contributed by atoms with E-state index in [0.717, 1.165) is 52.1 Å². The Balaban J connectivity index is 3.95. The molecule has 5 heteroatoms. The zero-order valence-corrected chi connectivity index (χ0v) is 12.9. The molecule has 19 heavy (non-hydrogen) atoms. The van der Waals surface area contributed by atoms with Gasteiger partial charge in [0.25, 0.3) is 0 Å². The largest absolute Gasteiger partial charge is 0.389 e. The topological polar surface area (TPSA) is 68.0 Å². The number of hydrogen-bond donors (Lipinski definition) is 2. The lowest BCUT2D eigenvalue weighted by atomic mass is 9.95. The van der Waals surface area contributed by atoms with Gasteiger partial charge in [-0.1, -0.05) is 6.92 Å². The van der Waals surface area contributed by atoms with E-state index in [1.807, 2.05) is 6.92 Å². The first-order valence-corrected chi connectivity index (χ1v) is 7.24. The minimum absolute atomic E-state index is 0.339. The molecule has 1 atom stereocenters. The van der Waals surface area contributed by atoms with Gasteiger partial charge < -0.3 is 25.2 Å². The fraction of sp³-hybridized carbons (Fsp3) is 1.00. The summed E-state index contributed by atoms with van der Waals surface area (Å²) in [5, 5.41) is 10.1. The average molecular weight is 276 g/mol. The van der Waals surface area contributed by atoms with E-state index in [9.17, 15) is 5.11 Å². The van der Waals surface area contributed by atoms with Crippen molar-refractivity contribution < 1.29 is 14.6 Å². The van der Waals surface area contributed by atoms with Crippen LogP contribution in [-0.2, 0) is 9.47 Å². The molecule has 5 nitrogen and oxygen atoms in total. The van der Waals surface area contributed by atoms with Crippen LogP contribution in [0.1, 0.15) is 32.6 Å². The maximum atomic E-state index is 10.1. The summed E-state index contributed by atoms with van der Waals surface area (Å²) in [5.74, 6) is 0. The van der Waals surface area contributed by atoms with Crippen molar-refractivity contribution in [3.63, 3.8) is 0 Å². The number of nitrogens with zero attached hydrogens (tertiary/aromatic N) is 1. The highest BCUT2D eigenvalue weighted by Crippen LogP contribution is 2.15. The smallest absolute Gasteiger partial charge is 0.0767 e. The summed E-state index contributed by atoms with van der Waals surface area (Å²) < 4.78 is 10.2. The third-order valence-electron chi connectivity index (χ3n) is 3.59. The van der Waals surface area contributed by atoms with Gasteiger partial charge in [-0.05, 0) is 32.2 Å². The van der Waals surface area contributed by atoms with E-state index < -0.39 is 5.60 Å². The van der Waals surface area contributed by atoms with Crippen molar-refractivity contribution in [2.75, 3.05) is 53.6 Å². The van der Waals surface area contributed by atoms with Gasteiger partial charge in [-0.15, -0.1) is 0 Å². The number of ether oxygens (including phenoxy) is 2. The van der Waals surface area contributed by atoms with Gasteiger partial charge in [-0.25, -0.2) is 0 Å². The van der Waals surface area contributed by atoms with E-state index in [2.05, 4.69) is 4.90 Å². The Bertz CT molecular complexity index is 199. The predicted molar refractivity (Wildman–Crippen MR) is 78.3 cm³/mol. The summed E-state index contributed by atoms with van der Waals surface area (Å²) in [7, 11) is 3.44. The summed E-state index contributed by atoms with van der Waals surface area (Å²) in [5.41, 5.74) is 4.92. The molecule has 0 aliphatic carbocycles. The van der Waals surface area contributed by atoms with Crippen LogP contribution < -0.4 is 5.73 Å². The molecule has 0 fully saturated rings. The van der Waals surface area contributed by atoms with Crippen molar-refractivity contribution in [3.8, 4) is 0 Å². The molecule has 0 rings (SSSR count). The molecule has 0 aromatic rings. The Hall–Kier alpha value is -0.200. The second-order valence-corrected chi connectivity index (χ2v) is 5.07. The standard InChI is InChI=1S/C14H32N2O3/c1-4-14(17,13-15)7-5-8-16(10-12-19-3)9-6-11-18-2/h17H,4-13,15H2,1-3H3. The van der Waals surface area contributed by atoms with E-state index in [-0.39, 0.29) is 0 Å². The van der Waals surface area contributed by atoms with Gasteiger partial charge in [0, 0.05) is 40.5 Å². The van der Waals surface area contributed by atoms with Crippen molar-refractivity contribution in [1.29, 1.82) is 0 Å². The highest BCUT2D eigenvalue weighted by Gasteiger charge is 2.22. The number of nitrogens with two attached hydrogens (primary N) is 1. The first-order valence-electron chi connectivity index (χ1n) is 7.24. The second kappa shape index (κ2) is 11.6. The maximum Gasteiger partial charge on any atom is 0.0767 e. The van der Waals surface area contributed by atoms with Crippen LogP contribution in [0.5, 0.6) is 0 Å². The Morgan fingerprint density at radius 2 is 1.68 bits per heavy atom. The third kappa shape index (κ3) is 9.35. The maximum absolute atomic E-state index is 10.1. The van der Waals surface area contributed by atoms with Crippen LogP contribution in [0, 0.1) is 0 Å². The lowest BCUT2D eigenvalue weighted by Crippen LogP contribution is -2.38. The molecule has 0 aromatic carbocycles. The van der Waals surface area contributed by atoms with Crippen LogP contribution in [0.3, 0.4) is 0 Å². The molecule has 3 N–H and O–H groups in total. The monoisotopic (exact) mass is 276 g/mol. The van der Waals surface area contributed by atoms with Gasteiger partial charge in [0.15, 0.2) is 0 Å². The highest BCUT2D eigenvalue weighted by molar-refractivity contribution is 4.78.